The Labute approximate surface area is 89.1 Å². The summed E-state index contributed by atoms with van der Waals surface area (Å²) in [5, 5.41) is 12.2. The molecule has 0 spiro atoms. The van der Waals surface area contributed by atoms with Crippen molar-refractivity contribution < 1.29 is 9.50 Å². The van der Waals surface area contributed by atoms with Crippen LogP contribution < -0.4 is 5.32 Å². The van der Waals surface area contributed by atoms with Crippen molar-refractivity contribution in [2.75, 3.05) is 13.2 Å². The Morgan fingerprint density at radius 1 is 1.33 bits per heavy atom. The molecule has 1 fully saturated rings. The van der Waals surface area contributed by atoms with Crippen LogP contribution in [0, 0.1) is 11.7 Å². The lowest BCUT2D eigenvalue weighted by Crippen LogP contribution is -2.24. The van der Waals surface area contributed by atoms with Crippen molar-refractivity contribution in [1.29, 1.82) is 0 Å². The molecular weight excluding hydrogens is 193 g/mol. The minimum Gasteiger partial charge on any atom is -0.395 e. The van der Waals surface area contributed by atoms with Gasteiger partial charge in [0.15, 0.2) is 0 Å². The molecule has 0 bridgehead atoms. The smallest absolute Gasteiger partial charge is 0.123 e. The fourth-order valence-corrected chi connectivity index (χ4v) is 2.15. The van der Waals surface area contributed by atoms with Crippen LogP contribution in [-0.2, 0) is 6.42 Å². The van der Waals surface area contributed by atoms with E-state index in [1.54, 1.807) is 0 Å². The lowest BCUT2D eigenvalue weighted by molar-refractivity contribution is 0.253. The van der Waals surface area contributed by atoms with E-state index in [2.05, 4.69) is 5.32 Å². The van der Waals surface area contributed by atoms with E-state index in [0.717, 1.165) is 19.4 Å². The number of aliphatic hydroxyl groups is 1. The molecule has 1 aromatic carbocycles. The molecule has 2 atom stereocenters. The number of halogens is 1. The maximum atomic E-state index is 12.7. The molecule has 2 rings (SSSR count). The predicted molar refractivity (Wildman–Crippen MR) is 57.1 cm³/mol. The zero-order valence-corrected chi connectivity index (χ0v) is 8.62. The summed E-state index contributed by atoms with van der Waals surface area (Å²) >= 11 is 0. The summed E-state index contributed by atoms with van der Waals surface area (Å²) in [5.74, 6) is 0.379. The Bertz CT molecular complexity index is 312. The van der Waals surface area contributed by atoms with Gasteiger partial charge in [-0.3, -0.25) is 0 Å². The minimum atomic E-state index is -0.184. The zero-order valence-electron chi connectivity index (χ0n) is 8.62. The zero-order chi connectivity index (χ0) is 10.7. The Kier molecular flexibility index (Phi) is 3.34. The van der Waals surface area contributed by atoms with Crippen molar-refractivity contribution in [3.05, 3.63) is 35.6 Å². The van der Waals surface area contributed by atoms with Crippen molar-refractivity contribution in [3.8, 4) is 0 Å². The number of rotatable bonds is 3. The van der Waals surface area contributed by atoms with Gasteiger partial charge in [0.25, 0.3) is 0 Å². The summed E-state index contributed by atoms with van der Waals surface area (Å²) in [6, 6.07) is 6.92. The van der Waals surface area contributed by atoms with E-state index >= 15 is 0 Å². The van der Waals surface area contributed by atoms with Gasteiger partial charge in [0.1, 0.15) is 5.82 Å². The third-order valence-electron chi connectivity index (χ3n) is 2.97. The fraction of sp³-hybridized carbons (Fsp3) is 0.500. The summed E-state index contributed by atoms with van der Waals surface area (Å²) in [7, 11) is 0. The SMILES string of the molecule is OCC1CC(Cc2ccc(F)cc2)CN1. The first-order chi connectivity index (χ1) is 7.28. The molecule has 0 aromatic heterocycles. The fourth-order valence-electron chi connectivity index (χ4n) is 2.15. The summed E-state index contributed by atoms with van der Waals surface area (Å²) in [6.45, 7) is 1.16. The second-order valence-electron chi connectivity index (χ2n) is 4.22. The first kappa shape index (κ1) is 10.6. The maximum absolute atomic E-state index is 12.7. The minimum absolute atomic E-state index is 0.184. The molecular formula is C12H16FNO. The van der Waals surface area contributed by atoms with Crippen molar-refractivity contribution in [1.82, 2.24) is 5.32 Å². The maximum Gasteiger partial charge on any atom is 0.123 e. The molecule has 0 amide bonds. The van der Waals surface area contributed by atoms with E-state index in [-0.39, 0.29) is 18.5 Å². The Balaban J connectivity index is 1.90. The molecule has 82 valence electrons. The second kappa shape index (κ2) is 4.73. The van der Waals surface area contributed by atoms with Gasteiger partial charge in [0, 0.05) is 6.04 Å². The summed E-state index contributed by atoms with van der Waals surface area (Å²) in [6.07, 6.45) is 1.97. The van der Waals surface area contributed by atoms with E-state index in [0.29, 0.717) is 5.92 Å². The number of hydrogen-bond acceptors (Lipinski definition) is 2. The van der Waals surface area contributed by atoms with Crippen LogP contribution in [0.15, 0.2) is 24.3 Å². The molecule has 15 heavy (non-hydrogen) atoms. The van der Waals surface area contributed by atoms with Gasteiger partial charge in [-0.25, -0.2) is 4.39 Å². The Morgan fingerprint density at radius 3 is 2.67 bits per heavy atom. The molecule has 0 saturated carbocycles. The molecule has 3 heteroatoms. The van der Waals surface area contributed by atoms with E-state index in [9.17, 15) is 4.39 Å². The highest BCUT2D eigenvalue weighted by Gasteiger charge is 2.23. The van der Waals surface area contributed by atoms with E-state index < -0.39 is 0 Å². The largest absolute Gasteiger partial charge is 0.395 e. The standard InChI is InChI=1S/C12H16FNO/c13-11-3-1-9(2-4-11)5-10-6-12(8-15)14-7-10/h1-4,10,12,14-15H,5-8H2. The number of nitrogens with one attached hydrogen (secondary N) is 1. The molecule has 0 aliphatic carbocycles. The topological polar surface area (TPSA) is 32.3 Å². The predicted octanol–water partition coefficient (Wildman–Crippen LogP) is 1.34. The quantitative estimate of drug-likeness (QED) is 0.787. The molecule has 1 aromatic rings. The molecule has 1 aliphatic rings. The highest BCUT2D eigenvalue weighted by Crippen LogP contribution is 2.19. The van der Waals surface area contributed by atoms with Gasteiger partial charge in [-0.05, 0) is 43.0 Å². The van der Waals surface area contributed by atoms with Crippen LogP contribution in [-0.4, -0.2) is 24.3 Å². The van der Waals surface area contributed by atoms with Crippen molar-refractivity contribution in [3.63, 3.8) is 0 Å². The monoisotopic (exact) mass is 209 g/mol. The number of aliphatic hydroxyl groups excluding tert-OH is 1. The first-order valence-electron chi connectivity index (χ1n) is 5.36. The molecule has 2 unspecified atom stereocenters. The summed E-state index contributed by atoms with van der Waals surface area (Å²) in [4.78, 5) is 0. The van der Waals surface area contributed by atoms with Crippen LogP contribution in [0.4, 0.5) is 4.39 Å². The second-order valence-corrected chi connectivity index (χ2v) is 4.22. The van der Waals surface area contributed by atoms with E-state index in [4.69, 9.17) is 5.11 Å². The molecule has 1 saturated heterocycles. The highest BCUT2D eigenvalue weighted by molar-refractivity contribution is 5.17. The third-order valence-corrected chi connectivity index (χ3v) is 2.97. The van der Waals surface area contributed by atoms with Crippen LogP contribution in [0.2, 0.25) is 0 Å². The van der Waals surface area contributed by atoms with Crippen LogP contribution >= 0.6 is 0 Å². The summed E-state index contributed by atoms with van der Waals surface area (Å²) < 4.78 is 12.7. The van der Waals surface area contributed by atoms with E-state index in [1.807, 2.05) is 12.1 Å². The Morgan fingerprint density at radius 2 is 2.07 bits per heavy atom. The van der Waals surface area contributed by atoms with Crippen LogP contribution in [0.25, 0.3) is 0 Å². The highest BCUT2D eigenvalue weighted by atomic mass is 19.1. The van der Waals surface area contributed by atoms with Gasteiger partial charge in [0.2, 0.25) is 0 Å². The molecule has 2 nitrogen and oxygen atoms in total. The molecule has 0 radical (unpaired) electrons. The third kappa shape index (κ3) is 2.76. The van der Waals surface area contributed by atoms with Crippen LogP contribution in [0.5, 0.6) is 0 Å². The molecule has 1 aliphatic heterocycles. The van der Waals surface area contributed by atoms with Crippen LogP contribution in [0.3, 0.4) is 0 Å². The average Bonchev–Trinajstić information content (AvgIpc) is 2.69. The molecule has 2 N–H and O–H groups in total. The summed E-state index contributed by atoms with van der Waals surface area (Å²) in [5.41, 5.74) is 1.17. The Hall–Kier alpha value is -0.930. The van der Waals surface area contributed by atoms with Gasteiger partial charge in [-0.15, -0.1) is 0 Å². The first-order valence-corrected chi connectivity index (χ1v) is 5.36. The lowest BCUT2D eigenvalue weighted by atomic mass is 9.97. The molecule has 1 heterocycles. The van der Waals surface area contributed by atoms with Crippen molar-refractivity contribution >= 4 is 0 Å². The van der Waals surface area contributed by atoms with Gasteiger partial charge >= 0.3 is 0 Å². The van der Waals surface area contributed by atoms with Crippen molar-refractivity contribution in [2.45, 2.75) is 18.9 Å². The van der Waals surface area contributed by atoms with Gasteiger partial charge in [-0.2, -0.15) is 0 Å². The normalized spacial score (nSPS) is 25.7. The van der Waals surface area contributed by atoms with Crippen LogP contribution in [0.1, 0.15) is 12.0 Å². The van der Waals surface area contributed by atoms with Crippen molar-refractivity contribution in [2.24, 2.45) is 5.92 Å². The number of benzene rings is 1. The number of hydrogen-bond donors (Lipinski definition) is 2. The lowest BCUT2D eigenvalue weighted by Gasteiger charge is -2.08. The average molecular weight is 209 g/mol. The van der Waals surface area contributed by atoms with E-state index in [1.165, 1.54) is 17.7 Å². The van der Waals surface area contributed by atoms with Gasteiger partial charge in [0.05, 0.1) is 6.61 Å². The van der Waals surface area contributed by atoms with Gasteiger partial charge < -0.3 is 10.4 Å². The van der Waals surface area contributed by atoms with Gasteiger partial charge in [-0.1, -0.05) is 12.1 Å².